The Balaban J connectivity index is 0.000000168. The molecule has 0 radical (unpaired) electrons. The molecule has 4 aromatic carbocycles. The normalized spacial score (nSPS) is 15.2. The second-order valence-corrected chi connectivity index (χ2v) is 13.9. The maximum absolute atomic E-state index is 2.55. The molecule has 2 heterocycles. The molecule has 42 heavy (non-hydrogen) atoms. The first-order valence-corrected chi connectivity index (χ1v) is 17.3. The zero-order chi connectivity index (χ0) is 29.3. The number of aryl methyl sites for hydroxylation is 4. The van der Waals surface area contributed by atoms with E-state index in [9.17, 15) is 0 Å². The zero-order valence-electron chi connectivity index (χ0n) is 25.9. The van der Waals surface area contributed by atoms with Crippen LogP contribution >= 0.6 is 23.5 Å². The lowest BCUT2D eigenvalue weighted by Crippen LogP contribution is -2.29. The van der Waals surface area contributed by atoms with E-state index in [0.29, 0.717) is 0 Å². The van der Waals surface area contributed by atoms with Gasteiger partial charge in [-0.3, -0.25) is 0 Å². The van der Waals surface area contributed by atoms with Crippen LogP contribution in [0.15, 0.2) is 105 Å². The fourth-order valence-corrected chi connectivity index (χ4v) is 8.03. The molecule has 0 aliphatic carbocycles. The van der Waals surface area contributed by atoms with Crippen molar-refractivity contribution < 1.29 is 0 Å². The van der Waals surface area contributed by atoms with Crippen LogP contribution in [0, 0.1) is 27.7 Å². The van der Waals surface area contributed by atoms with E-state index in [2.05, 4.69) is 122 Å². The quantitative estimate of drug-likeness (QED) is 0.219. The minimum Gasteiger partial charge on any atom is -0.371 e. The number of piperidine rings is 2. The number of anilines is 2. The Hall–Kier alpha value is -2.82. The first kappa shape index (κ1) is 30.6. The third-order valence-electron chi connectivity index (χ3n) is 8.22. The first-order chi connectivity index (χ1) is 20.5. The van der Waals surface area contributed by atoms with E-state index < -0.39 is 0 Å². The fraction of sp³-hybridized carbons (Fsp3) is 0.368. The molecule has 0 bridgehead atoms. The first-order valence-electron chi connectivity index (χ1n) is 15.7. The van der Waals surface area contributed by atoms with Crippen LogP contribution in [0.5, 0.6) is 0 Å². The molecule has 0 unspecified atom stereocenters. The van der Waals surface area contributed by atoms with Gasteiger partial charge >= 0.3 is 0 Å². The second-order valence-electron chi connectivity index (χ2n) is 11.8. The molecule has 220 valence electrons. The number of para-hydroxylation sites is 2. The molecule has 2 aliphatic heterocycles. The number of hydrogen-bond donors (Lipinski definition) is 0. The van der Waals surface area contributed by atoms with Crippen molar-refractivity contribution in [2.24, 2.45) is 0 Å². The van der Waals surface area contributed by atoms with Crippen LogP contribution in [0.2, 0.25) is 0 Å². The van der Waals surface area contributed by atoms with E-state index in [1.165, 1.54) is 118 Å². The van der Waals surface area contributed by atoms with E-state index in [-0.39, 0.29) is 0 Å². The van der Waals surface area contributed by atoms with Crippen molar-refractivity contribution in [2.75, 3.05) is 36.0 Å². The molecule has 2 saturated heterocycles. The highest BCUT2D eigenvalue weighted by Gasteiger charge is 2.16. The largest absolute Gasteiger partial charge is 0.371 e. The summed E-state index contributed by atoms with van der Waals surface area (Å²) >= 11 is 3.80. The Labute approximate surface area is 262 Å². The summed E-state index contributed by atoms with van der Waals surface area (Å²) in [6.07, 6.45) is 8.04. The van der Waals surface area contributed by atoms with Gasteiger partial charge in [-0.2, -0.15) is 0 Å². The summed E-state index contributed by atoms with van der Waals surface area (Å²) in [5, 5.41) is 0. The summed E-state index contributed by atoms with van der Waals surface area (Å²) in [5.41, 5.74) is 8.22. The topological polar surface area (TPSA) is 6.48 Å². The molecule has 2 nitrogen and oxygen atoms in total. The van der Waals surface area contributed by atoms with E-state index >= 15 is 0 Å². The summed E-state index contributed by atoms with van der Waals surface area (Å²) in [4.78, 5) is 10.6. The van der Waals surface area contributed by atoms with Crippen LogP contribution in [-0.2, 0) is 0 Å². The molecule has 4 aromatic rings. The molecular formula is C38H46N2S2. The molecular weight excluding hydrogens is 549 g/mol. The highest BCUT2D eigenvalue weighted by Crippen LogP contribution is 2.39. The summed E-state index contributed by atoms with van der Waals surface area (Å²) in [5.74, 6) is 0. The molecule has 2 fully saturated rings. The third kappa shape index (κ3) is 8.17. The molecule has 0 atom stereocenters. The Morgan fingerprint density at radius 2 is 0.810 bits per heavy atom. The van der Waals surface area contributed by atoms with Gasteiger partial charge in [0, 0.05) is 45.8 Å². The highest BCUT2D eigenvalue weighted by atomic mass is 32.2. The number of benzene rings is 4. The van der Waals surface area contributed by atoms with Crippen LogP contribution in [-0.4, -0.2) is 26.2 Å². The van der Waals surface area contributed by atoms with Gasteiger partial charge in [-0.15, -0.1) is 0 Å². The standard InChI is InChI=1S/2C19H23NS/c2*1-15-10-11-18(16(2)14-15)21-19-9-5-4-8-17(19)20-12-6-3-7-13-20/h2*4-5,8-11,14H,3,6-7,12-13H2,1-2H3. The average Bonchev–Trinajstić information content (AvgIpc) is 3.02. The molecule has 2 aliphatic rings. The number of hydrogen-bond acceptors (Lipinski definition) is 4. The van der Waals surface area contributed by atoms with E-state index in [0.717, 1.165) is 0 Å². The molecule has 4 heteroatoms. The van der Waals surface area contributed by atoms with Gasteiger partial charge in [0.15, 0.2) is 0 Å². The maximum atomic E-state index is 2.55. The lowest BCUT2D eigenvalue weighted by atomic mass is 10.1. The van der Waals surface area contributed by atoms with Crippen LogP contribution < -0.4 is 9.80 Å². The second kappa shape index (κ2) is 15.1. The van der Waals surface area contributed by atoms with Gasteiger partial charge in [-0.25, -0.2) is 0 Å². The molecule has 0 aromatic heterocycles. The van der Waals surface area contributed by atoms with Crippen LogP contribution in [0.25, 0.3) is 0 Å². The molecule has 6 rings (SSSR count). The van der Waals surface area contributed by atoms with Crippen LogP contribution in [0.1, 0.15) is 60.8 Å². The van der Waals surface area contributed by atoms with E-state index in [1.807, 2.05) is 23.5 Å². The SMILES string of the molecule is Cc1ccc(Sc2ccccc2N2CCCCC2)c(C)c1.Cc1ccc(Sc2ccccc2N2CCCCC2)c(C)c1. The van der Waals surface area contributed by atoms with Crippen molar-refractivity contribution in [3.63, 3.8) is 0 Å². The Morgan fingerprint density at radius 1 is 0.429 bits per heavy atom. The Bertz CT molecular complexity index is 1340. The van der Waals surface area contributed by atoms with Gasteiger partial charge < -0.3 is 9.80 Å². The van der Waals surface area contributed by atoms with Gasteiger partial charge in [-0.05, 0) is 114 Å². The Morgan fingerprint density at radius 3 is 1.19 bits per heavy atom. The van der Waals surface area contributed by atoms with Crippen molar-refractivity contribution >= 4 is 34.9 Å². The van der Waals surface area contributed by atoms with Gasteiger partial charge in [-0.1, -0.05) is 83.2 Å². The van der Waals surface area contributed by atoms with Crippen molar-refractivity contribution in [2.45, 2.75) is 85.8 Å². The fourth-order valence-electron chi connectivity index (χ4n) is 5.94. The minimum absolute atomic E-state index is 1.20. The highest BCUT2D eigenvalue weighted by molar-refractivity contribution is 7.99. The van der Waals surface area contributed by atoms with Crippen molar-refractivity contribution in [1.29, 1.82) is 0 Å². The molecule has 0 N–H and O–H groups in total. The monoisotopic (exact) mass is 594 g/mol. The molecule has 0 amide bonds. The predicted molar refractivity (Wildman–Crippen MR) is 185 cm³/mol. The molecule has 0 spiro atoms. The van der Waals surface area contributed by atoms with Crippen molar-refractivity contribution in [1.82, 2.24) is 0 Å². The zero-order valence-corrected chi connectivity index (χ0v) is 27.5. The lowest BCUT2D eigenvalue weighted by Gasteiger charge is -2.30. The van der Waals surface area contributed by atoms with Crippen molar-refractivity contribution in [3.05, 3.63) is 107 Å². The van der Waals surface area contributed by atoms with Crippen molar-refractivity contribution in [3.8, 4) is 0 Å². The predicted octanol–water partition coefficient (Wildman–Crippen LogP) is 10.9. The van der Waals surface area contributed by atoms with Gasteiger partial charge in [0.2, 0.25) is 0 Å². The number of rotatable bonds is 6. The average molecular weight is 595 g/mol. The summed E-state index contributed by atoms with van der Waals surface area (Å²) in [7, 11) is 0. The van der Waals surface area contributed by atoms with Gasteiger partial charge in [0.1, 0.15) is 0 Å². The summed E-state index contributed by atoms with van der Waals surface area (Å²) in [6.45, 7) is 13.5. The van der Waals surface area contributed by atoms with Gasteiger partial charge in [0.05, 0.1) is 11.4 Å². The van der Waals surface area contributed by atoms with E-state index in [1.54, 1.807) is 0 Å². The number of nitrogens with zero attached hydrogens (tertiary/aromatic N) is 2. The molecule has 0 saturated carbocycles. The smallest absolute Gasteiger partial charge is 0.0508 e. The van der Waals surface area contributed by atoms with Gasteiger partial charge in [0.25, 0.3) is 0 Å². The maximum Gasteiger partial charge on any atom is 0.0508 e. The minimum atomic E-state index is 1.20. The van der Waals surface area contributed by atoms with Crippen LogP contribution in [0.3, 0.4) is 0 Å². The Kier molecular flexibility index (Phi) is 11.0. The van der Waals surface area contributed by atoms with E-state index in [4.69, 9.17) is 0 Å². The lowest BCUT2D eigenvalue weighted by molar-refractivity contribution is 0.575. The summed E-state index contributed by atoms with van der Waals surface area (Å²) in [6, 6.07) is 31.2. The third-order valence-corrected chi connectivity index (χ3v) is 10.7. The summed E-state index contributed by atoms with van der Waals surface area (Å²) < 4.78 is 0. The van der Waals surface area contributed by atoms with Crippen LogP contribution in [0.4, 0.5) is 11.4 Å².